The molecule has 21 heavy (non-hydrogen) atoms. The summed E-state index contributed by atoms with van der Waals surface area (Å²) in [7, 11) is 0. The minimum atomic E-state index is -0.0582. The maximum absolute atomic E-state index is 5.45. The molecule has 2 rings (SSSR count). The predicted octanol–water partition coefficient (Wildman–Crippen LogP) is 2.74. The summed E-state index contributed by atoms with van der Waals surface area (Å²) in [4.78, 5) is 11.9. The van der Waals surface area contributed by atoms with Crippen LogP contribution in [0.2, 0.25) is 0 Å². The smallest absolute Gasteiger partial charge is 0.138 e. The van der Waals surface area contributed by atoms with Gasteiger partial charge < -0.3 is 15.0 Å². The van der Waals surface area contributed by atoms with Gasteiger partial charge in [-0.1, -0.05) is 27.7 Å². The van der Waals surface area contributed by atoms with Crippen molar-refractivity contribution in [1.82, 2.24) is 9.97 Å². The molecule has 5 nitrogen and oxygen atoms in total. The fourth-order valence-corrected chi connectivity index (χ4v) is 2.34. The SMILES string of the molecule is CCCNc1nc(C(C)(C)C)nc(N2CCOCC2)c1C. The number of hydrogen-bond donors (Lipinski definition) is 1. The van der Waals surface area contributed by atoms with E-state index in [2.05, 4.69) is 44.8 Å². The van der Waals surface area contributed by atoms with Crippen LogP contribution in [0.1, 0.15) is 45.5 Å². The second-order valence-electron chi connectivity index (χ2n) is 6.62. The summed E-state index contributed by atoms with van der Waals surface area (Å²) >= 11 is 0. The first-order valence-electron chi connectivity index (χ1n) is 7.89. The Balaban J connectivity index is 2.41. The standard InChI is InChI=1S/C16H28N4O/c1-6-7-17-13-12(2)14(20-8-10-21-11-9-20)19-15(18-13)16(3,4)5/h6-11H2,1-5H3,(H,17,18,19). The monoisotopic (exact) mass is 292 g/mol. The van der Waals surface area contributed by atoms with Gasteiger partial charge in [0.2, 0.25) is 0 Å². The predicted molar refractivity (Wildman–Crippen MR) is 87.3 cm³/mol. The van der Waals surface area contributed by atoms with E-state index in [1.807, 2.05) is 0 Å². The van der Waals surface area contributed by atoms with Gasteiger partial charge in [0.15, 0.2) is 0 Å². The maximum atomic E-state index is 5.45. The van der Waals surface area contributed by atoms with Crippen LogP contribution in [0.5, 0.6) is 0 Å². The van der Waals surface area contributed by atoms with Crippen molar-refractivity contribution < 1.29 is 4.74 Å². The molecule has 0 unspecified atom stereocenters. The van der Waals surface area contributed by atoms with Crippen LogP contribution in [0.4, 0.5) is 11.6 Å². The van der Waals surface area contributed by atoms with E-state index < -0.39 is 0 Å². The summed E-state index contributed by atoms with van der Waals surface area (Å²) in [5, 5.41) is 3.45. The van der Waals surface area contributed by atoms with Gasteiger partial charge in [-0.3, -0.25) is 0 Å². The summed E-state index contributed by atoms with van der Waals surface area (Å²) in [5.74, 6) is 2.92. The Morgan fingerprint density at radius 2 is 1.86 bits per heavy atom. The van der Waals surface area contributed by atoms with E-state index in [1.165, 1.54) is 0 Å². The van der Waals surface area contributed by atoms with Crippen LogP contribution in [0.3, 0.4) is 0 Å². The summed E-state index contributed by atoms with van der Waals surface area (Å²) < 4.78 is 5.45. The molecule has 1 fully saturated rings. The van der Waals surface area contributed by atoms with Crippen LogP contribution in [0.25, 0.3) is 0 Å². The summed E-state index contributed by atoms with van der Waals surface area (Å²) in [6.45, 7) is 15.0. The molecule has 5 heteroatoms. The number of aromatic nitrogens is 2. The minimum Gasteiger partial charge on any atom is -0.378 e. The van der Waals surface area contributed by atoms with Crippen molar-refractivity contribution in [3.05, 3.63) is 11.4 Å². The molecule has 0 aromatic carbocycles. The Bertz CT molecular complexity index is 476. The molecular formula is C16H28N4O. The molecule has 1 saturated heterocycles. The highest BCUT2D eigenvalue weighted by molar-refractivity contribution is 5.59. The normalized spacial score (nSPS) is 16.1. The number of anilines is 2. The molecule has 0 atom stereocenters. The zero-order chi connectivity index (χ0) is 15.5. The van der Waals surface area contributed by atoms with Crippen molar-refractivity contribution in [3.63, 3.8) is 0 Å². The fourth-order valence-electron chi connectivity index (χ4n) is 2.34. The second-order valence-corrected chi connectivity index (χ2v) is 6.62. The Hall–Kier alpha value is -1.36. The van der Waals surface area contributed by atoms with Crippen molar-refractivity contribution >= 4 is 11.6 Å². The van der Waals surface area contributed by atoms with E-state index in [4.69, 9.17) is 14.7 Å². The molecule has 1 aromatic rings. The molecule has 1 aromatic heterocycles. The van der Waals surface area contributed by atoms with Crippen molar-refractivity contribution in [2.75, 3.05) is 43.1 Å². The third-order valence-electron chi connectivity index (χ3n) is 3.64. The van der Waals surface area contributed by atoms with E-state index in [9.17, 15) is 0 Å². The molecule has 118 valence electrons. The van der Waals surface area contributed by atoms with Crippen molar-refractivity contribution in [1.29, 1.82) is 0 Å². The van der Waals surface area contributed by atoms with E-state index in [0.29, 0.717) is 0 Å². The van der Waals surface area contributed by atoms with Crippen LogP contribution < -0.4 is 10.2 Å². The van der Waals surface area contributed by atoms with Gasteiger partial charge in [0.05, 0.1) is 13.2 Å². The summed E-state index contributed by atoms with van der Waals surface area (Å²) in [5.41, 5.74) is 1.08. The van der Waals surface area contributed by atoms with Gasteiger partial charge in [-0.15, -0.1) is 0 Å². The van der Waals surface area contributed by atoms with Crippen LogP contribution in [0, 0.1) is 6.92 Å². The molecular weight excluding hydrogens is 264 g/mol. The van der Waals surface area contributed by atoms with Gasteiger partial charge in [0, 0.05) is 30.6 Å². The molecule has 0 aliphatic carbocycles. The number of rotatable bonds is 4. The lowest BCUT2D eigenvalue weighted by molar-refractivity contribution is 0.122. The van der Waals surface area contributed by atoms with Gasteiger partial charge in [0.1, 0.15) is 17.5 Å². The third-order valence-corrected chi connectivity index (χ3v) is 3.64. The van der Waals surface area contributed by atoms with Gasteiger partial charge in [0.25, 0.3) is 0 Å². The topological polar surface area (TPSA) is 50.3 Å². The first-order valence-corrected chi connectivity index (χ1v) is 7.89. The summed E-state index contributed by atoms with van der Waals surface area (Å²) in [6, 6.07) is 0. The average Bonchev–Trinajstić information content (AvgIpc) is 2.46. The van der Waals surface area contributed by atoms with Crippen molar-refractivity contribution in [2.24, 2.45) is 0 Å². The highest BCUT2D eigenvalue weighted by atomic mass is 16.5. The molecule has 0 saturated carbocycles. The summed E-state index contributed by atoms with van der Waals surface area (Å²) in [6.07, 6.45) is 1.08. The van der Waals surface area contributed by atoms with Gasteiger partial charge in [-0.05, 0) is 13.3 Å². The third kappa shape index (κ3) is 3.84. The molecule has 0 radical (unpaired) electrons. The quantitative estimate of drug-likeness (QED) is 0.924. The highest BCUT2D eigenvalue weighted by Gasteiger charge is 2.24. The number of ether oxygens (including phenoxy) is 1. The number of hydrogen-bond acceptors (Lipinski definition) is 5. The van der Waals surface area contributed by atoms with E-state index >= 15 is 0 Å². The molecule has 0 amide bonds. The van der Waals surface area contributed by atoms with Crippen LogP contribution in [-0.4, -0.2) is 42.8 Å². The lowest BCUT2D eigenvalue weighted by atomic mass is 9.95. The lowest BCUT2D eigenvalue weighted by Gasteiger charge is -2.31. The minimum absolute atomic E-state index is 0.0582. The zero-order valence-corrected chi connectivity index (χ0v) is 14.0. The number of nitrogens with one attached hydrogen (secondary N) is 1. The first kappa shape index (κ1) is 16.0. The Morgan fingerprint density at radius 3 is 2.43 bits per heavy atom. The van der Waals surface area contributed by atoms with Gasteiger partial charge in [-0.25, -0.2) is 9.97 Å². The Labute approximate surface area is 128 Å². The molecule has 1 aliphatic rings. The zero-order valence-electron chi connectivity index (χ0n) is 14.0. The van der Waals surface area contributed by atoms with Gasteiger partial charge in [-0.2, -0.15) is 0 Å². The Morgan fingerprint density at radius 1 is 1.19 bits per heavy atom. The lowest BCUT2D eigenvalue weighted by Crippen LogP contribution is -2.38. The molecule has 0 bridgehead atoms. The largest absolute Gasteiger partial charge is 0.378 e. The fraction of sp³-hybridized carbons (Fsp3) is 0.750. The van der Waals surface area contributed by atoms with Crippen molar-refractivity contribution in [3.8, 4) is 0 Å². The molecule has 1 N–H and O–H groups in total. The molecule has 1 aliphatic heterocycles. The first-order chi connectivity index (χ1) is 9.93. The highest BCUT2D eigenvalue weighted by Crippen LogP contribution is 2.28. The maximum Gasteiger partial charge on any atom is 0.138 e. The van der Waals surface area contributed by atoms with Crippen LogP contribution in [-0.2, 0) is 10.2 Å². The van der Waals surface area contributed by atoms with Crippen molar-refractivity contribution in [2.45, 2.75) is 46.5 Å². The average molecular weight is 292 g/mol. The molecule has 0 spiro atoms. The van der Waals surface area contributed by atoms with E-state index in [-0.39, 0.29) is 5.41 Å². The molecule has 2 heterocycles. The number of nitrogens with zero attached hydrogens (tertiary/aromatic N) is 3. The van der Waals surface area contributed by atoms with Crippen LogP contribution in [0.15, 0.2) is 0 Å². The van der Waals surface area contributed by atoms with E-state index in [1.54, 1.807) is 0 Å². The van der Waals surface area contributed by atoms with Crippen LogP contribution >= 0.6 is 0 Å². The van der Waals surface area contributed by atoms with E-state index in [0.717, 1.165) is 62.3 Å². The number of morpholine rings is 1. The Kier molecular flexibility index (Phi) is 5.04. The van der Waals surface area contributed by atoms with Gasteiger partial charge >= 0.3 is 0 Å². The second kappa shape index (κ2) is 6.60.